The van der Waals surface area contributed by atoms with Crippen molar-refractivity contribution in [1.29, 1.82) is 0 Å². The summed E-state index contributed by atoms with van der Waals surface area (Å²) in [4.78, 5) is 20.6. The van der Waals surface area contributed by atoms with Crippen LogP contribution in [0.4, 0.5) is 0 Å². The second-order valence-electron chi connectivity index (χ2n) is 16.6. The third-order valence-electron chi connectivity index (χ3n) is 12.7. The Balaban J connectivity index is 0.904. The molecule has 13 aromatic rings. The van der Waals surface area contributed by atoms with Crippen molar-refractivity contribution in [2.24, 2.45) is 0 Å². The maximum atomic E-state index is 6.59. The Bertz CT molecular complexity index is 3890. The van der Waals surface area contributed by atoms with Crippen LogP contribution in [0.5, 0.6) is 0 Å². The summed E-state index contributed by atoms with van der Waals surface area (Å²) in [6, 6.07) is 76.4. The van der Waals surface area contributed by atoms with Crippen molar-refractivity contribution >= 4 is 65.2 Å². The molecule has 13 rings (SSSR count). The highest BCUT2D eigenvalue weighted by molar-refractivity contribution is 6.27. The first kappa shape index (κ1) is 36.8. The molecule has 3 heterocycles. The van der Waals surface area contributed by atoms with Crippen molar-refractivity contribution in [2.45, 2.75) is 0 Å². The lowest BCUT2D eigenvalue weighted by Crippen LogP contribution is -2.00. The molecule has 0 bridgehead atoms. The van der Waals surface area contributed by atoms with E-state index in [0.717, 1.165) is 99.2 Å². The van der Waals surface area contributed by atoms with Crippen LogP contribution in [0.3, 0.4) is 0 Å². The van der Waals surface area contributed by atoms with Gasteiger partial charge in [-0.2, -0.15) is 0 Å². The van der Waals surface area contributed by atoms with Crippen molar-refractivity contribution in [1.82, 2.24) is 19.9 Å². The third kappa shape index (κ3) is 6.32. The molecule has 0 unspecified atom stereocenters. The monoisotopic (exact) mass is 828 g/mol. The van der Waals surface area contributed by atoms with E-state index >= 15 is 0 Å². The van der Waals surface area contributed by atoms with Gasteiger partial charge >= 0.3 is 0 Å². The fourth-order valence-corrected chi connectivity index (χ4v) is 9.48. The largest absolute Gasteiger partial charge is 0.456 e. The summed E-state index contributed by atoms with van der Waals surface area (Å²) in [5.41, 5.74) is 11.9. The number of nitrogens with zero attached hydrogens (tertiary/aromatic N) is 4. The number of furan rings is 1. The SMILES string of the molecule is c1ccc(-c2c3c(cc4c(-c5ccc(-c6ccc(-c7nc(-c8ccc9ccccc9c8)nc(-c8ccc9ccccc9c8)n7)cc6)cc5)nc5ccccc5c24)oc2ccccc23)cc1. The van der Waals surface area contributed by atoms with Gasteiger partial charge in [0.25, 0.3) is 0 Å². The van der Waals surface area contributed by atoms with Crippen LogP contribution < -0.4 is 0 Å². The molecule has 5 nitrogen and oxygen atoms in total. The van der Waals surface area contributed by atoms with Crippen LogP contribution in [0, 0.1) is 0 Å². The number of hydrogen-bond donors (Lipinski definition) is 0. The number of benzene rings is 10. The van der Waals surface area contributed by atoms with Crippen molar-refractivity contribution in [2.75, 3.05) is 0 Å². The van der Waals surface area contributed by atoms with Crippen LogP contribution in [-0.2, 0) is 0 Å². The smallest absolute Gasteiger partial charge is 0.164 e. The summed E-state index contributed by atoms with van der Waals surface area (Å²) < 4.78 is 6.59. The zero-order valence-electron chi connectivity index (χ0n) is 35.0. The van der Waals surface area contributed by atoms with Gasteiger partial charge in [0.05, 0.1) is 11.2 Å². The lowest BCUT2D eigenvalue weighted by Gasteiger charge is -2.16. The number of fused-ring (bicyclic) bond motifs is 8. The summed E-state index contributed by atoms with van der Waals surface area (Å²) in [6.45, 7) is 0. The Morgan fingerprint density at radius 3 is 1.42 bits per heavy atom. The topological polar surface area (TPSA) is 64.7 Å². The first-order valence-corrected chi connectivity index (χ1v) is 21.9. The van der Waals surface area contributed by atoms with Gasteiger partial charge in [0.15, 0.2) is 17.5 Å². The predicted molar refractivity (Wildman–Crippen MR) is 268 cm³/mol. The van der Waals surface area contributed by atoms with E-state index in [0.29, 0.717) is 17.5 Å². The molecule has 0 N–H and O–H groups in total. The second-order valence-corrected chi connectivity index (χ2v) is 16.6. The highest BCUT2D eigenvalue weighted by Gasteiger charge is 2.22. The van der Waals surface area contributed by atoms with E-state index in [4.69, 9.17) is 24.4 Å². The van der Waals surface area contributed by atoms with Crippen LogP contribution in [-0.4, -0.2) is 19.9 Å². The van der Waals surface area contributed by atoms with E-state index in [1.54, 1.807) is 0 Å². The van der Waals surface area contributed by atoms with E-state index < -0.39 is 0 Å². The first-order valence-electron chi connectivity index (χ1n) is 21.9. The Kier molecular flexibility index (Phi) is 8.46. The van der Waals surface area contributed by atoms with E-state index in [-0.39, 0.29) is 0 Å². The molecule has 3 aromatic heterocycles. The molecule has 0 aliphatic heterocycles. The number of hydrogen-bond acceptors (Lipinski definition) is 5. The summed E-state index contributed by atoms with van der Waals surface area (Å²) >= 11 is 0. The summed E-state index contributed by atoms with van der Waals surface area (Å²) in [5, 5.41) is 10.2. The van der Waals surface area contributed by atoms with Gasteiger partial charge in [-0.3, -0.25) is 0 Å². The molecule has 0 saturated carbocycles. The van der Waals surface area contributed by atoms with Crippen molar-refractivity contribution in [3.63, 3.8) is 0 Å². The zero-order chi connectivity index (χ0) is 42.8. The Hall–Kier alpha value is -8.80. The standard InChI is InChI=1S/C60H36N4O/c1-2-14-41(15-3-1)54-55-48-18-8-10-20-51(48)61-57(50(55)36-53-56(54)49-19-9-11-21-52(49)65-53)42-28-22-39(23-29-42)40-24-30-43(31-25-40)58-62-59(46-32-26-37-12-4-6-16-44(37)34-46)64-60(63-58)47-33-27-38-13-5-7-17-45(38)35-47/h1-36H. The summed E-state index contributed by atoms with van der Waals surface area (Å²) in [6.07, 6.45) is 0. The molecule has 0 radical (unpaired) electrons. The molecule has 0 saturated heterocycles. The Labute approximate surface area is 374 Å². The first-order chi connectivity index (χ1) is 32.2. The lowest BCUT2D eigenvalue weighted by atomic mass is 9.89. The quantitative estimate of drug-likeness (QED) is 0.156. The van der Waals surface area contributed by atoms with E-state index in [2.05, 4.69) is 206 Å². The van der Waals surface area contributed by atoms with Crippen LogP contribution in [0.2, 0.25) is 0 Å². The van der Waals surface area contributed by atoms with Gasteiger partial charge in [-0.15, -0.1) is 0 Å². The molecule has 0 amide bonds. The average molecular weight is 829 g/mol. The highest BCUT2D eigenvalue weighted by atomic mass is 16.3. The Morgan fingerprint density at radius 1 is 0.277 bits per heavy atom. The molecular formula is C60H36N4O. The van der Waals surface area contributed by atoms with Gasteiger partial charge in [-0.25, -0.2) is 19.9 Å². The molecule has 0 spiro atoms. The van der Waals surface area contributed by atoms with Gasteiger partial charge in [0.1, 0.15) is 11.2 Å². The Morgan fingerprint density at radius 2 is 0.769 bits per heavy atom. The number of aromatic nitrogens is 4. The normalized spacial score (nSPS) is 11.7. The fraction of sp³-hybridized carbons (Fsp3) is 0. The average Bonchev–Trinajstić information content (AvgIpc) is 3.76. The number of pyridine rings is 1. The fourth-order valence-electron chi connectivity index (χ4n) is 9.48. The summed E-state index contributed by atoms with van der Waals surface area (Å²) in [7, 11) is 0. The zero-order valence-corrected chi connectivity index (χ0v) is 35.0. The van der Waals surface area contributed by atoms with Crippen molar-refractivity contribution in [3.8, 4) is 67.7 Å². The van der Waals surface area contributed by atoms with Crippen molar-refractivity contribution in [3.05, 3.63) is 218 Å². The maximum Gasteiger partial charge on any atom is 0.164 e. The molecule has 0 aliphatic rings. The van der Waals surface area contributed by atoms with Crippen LogP contribution >= 0.6 is 0 Å². The van der Waals surface area contributed by atoms with Crippen LogP contribution in [0.15, 0.2) is 223 Å². The molecular weight excluding hydrogens is 793 g/mol. The molecule has 302 valence electrons. The summed E-state index contributed by atoms with van der Waals surface area (Å²) in [5.74, 6) is 1.89. The third-order valence-corrected chi connectivity index (χ3v) is 12.7. The van der Waals surface area contributed by atoms with Gasteiger partial charge in [-0.1, -0.05) is 188 Å². The molecule has 0 atom stereocenters. The van der Waals surface area contributed by atoms with E-state index in [1.165, 1.54) is 16.2 Å². The second kappa shape index (κ2) is 14.9. The molecule has 5 heteroatoms. The molecule has 65 heavy (non-hydrogen) atoms. The number of rotatable bonds is 6. The minimum absolute atomic E-state index is 0.621. The molecule has 10 aromatic carbocycles. The van der Waals surface area contributed by atoms with Crippen LogP contribution in [0.1, 0.15) is 0 Å². The molecule has 0 aliphatic carbocycles. The van der Waals surface area contributed by atoms with Gasteiger partial charge in [0.2, 0.25) is 0 Å². The van der Waals surface area contributed by atoms with E-state index in [9.17, 15) is 0 Å². The predicted octanol–water partition coefficient (Wildman–Crippen LogP) is 15.8. The van der Waals surface area contributed by atoms with Gasteiger partial charge in [-0.05, 0) is 68.6 Å². The van der Waals surface area contributed by atoms with Gasteiger partial charge < -0.3 is 4.42 Å². The highest BCUT2D eigenvalue weighted by Crippen LogP contribution is 2.46. The van der Waals surface area contributed by atoms with Gasteiger partial charge in [0, 0.05) is 54.7 Å². The molecule has 0 fully saturated rings. The van der Waals surface area contributed by atoms with E-state index in [1.807, 2.05) is 12.1 Å². The van der Waals surface area contributed by atoms with Crippen molar-refractivity contribution < 1.29 is 4.42 Å². The number of para-hydroxylation sites is 2. The van der Waals surface area contributed by atoms with Crippen LogP contribution in [0.25, 0.3) is 133 Å². The minimum atomic E-state index is 0.621. The maximum absolute atomic E-state index is 6.59. The minimum Gasteiger partial charge on any atom is -0.456 e. The lowest BCUT2D eigenvalue weighted by molar-refractivity contribution is 0.669.